The van der Waals surface area contributed by atoms with E-state index >= 15 is 0 Å². The largest absolute Gasteiger partial charge is 0.346 e. The van der Waals surface area contributed by atoms with Gasteiger partial charge in [0.1, 0.15) is 0 Å². The van der Waals surface area contributed by atoms with Crippen molar-refractivity contribution in [3.05, 3.63) is 0 Å². The Labute approximate surface area is 70.8 Å². The third-order valence-electron chi connectivity index (χ3n) is 0.491. The first kappa shape index (κ1) is 16.8. The molecular weight excluding hydrogens is 140 g/mol. The lowest BCUT2D eigenvalue weighted by molar-refractivity contribution is -0.110. The third kappa shape index (κ3) is 44.2. The Morgan fingerprint density at radius 3 is 1.64 bits per heavy atom. The van der Waals surface area contributed by atoms with Gasteiger partial charge in [0, 0.05) is 0 Å². The molecule has 11 heavy (non-hydrogen) atoms. The molecule has 70 valence electrons. The van der Waals surface area contributed by atoms with Gasteiger partial charge in [-0.25, -0.2) is 0 Å². The average Bonchev–Trinajstić information content (AvgIpc) is 2.08. The molecule has 0 aromatic carbocycles. The maximum absolute atomic E-state index is 9.57. The summed E-state index contributed by atoms with van der Waals surface area (Å²) in [7, 11) is 3.77. The molecule has 3 nitrogen and oxygen atoms in total. The van der Waals surface area contributed by atoms with Crippen molar-refractivity contribution in [1.82, 2.24) is 10.2 Å². The summed E-state index contributed by atoms with van der Waals surface area (Å²) in [6.45, 7) is 8.61. The normalized spacial score (nSPS) is 6.82. The van der Waals surface area contributed by atoms with Gasteiger partial charge in [-0.05, 0) is 14.1 Å². The summed E-state index contributed by atoms with van der Waals surface area (Å²) >= 11 is 0. The predicted molar refractivity (Wildman–Crippen MR) is 50.4 cm³/mol. The molecule has 0 spiro atoms. The summed E-state index contributed by atoms with van der Waals surface area (Å²) in [5.74, 6) is 0. The zero-order chi connectivity index (χ0) is 9.70. The molecule has 0 aliphatic heterocycles. The predicted octanol–water partition coefficient (Wildman–Crippen LogP) is 1.30. The zero-order valence-electron chi connectivity index (χ0n) is 8.64. The number of hydrogen-bond donors (Lipinski definition) is 1. The highest BCUT2D eigenvalue weighted by Gasteiger charge is 1.80. The van der Waals surface area contributed by atoms with Crippen molar-refractivity contribution in [3.8, 4) is 0 Å². The molecular formula is C8H22N2O. The molecule has 0 saturated heterocycles. The number of rotatable bonds is 3. The van der Waals surface area contributed by atoms with Crippen LogP contribution in [0.5, 0.6) is 0 Å². The van der Waals surface area contributed by atoms with Crippen LogP contribution in [-0.2, 0) is 4.79 Å². The summed E-state index contributed by atoms with van der Waals surface area (Å²) in [5.41, 5.74) is 0. The standard InChI is InChI=1S/C4H10N2O.2C2H6/c1-6(2)3-5-4-7;2*1-2/h4H,3H2,1-2H3,(H,5,7);2*1-2H3. The summed E-state index contributed by atoms with van der Waals surface area (Å²) in [6, 6.07) is 0. The minimum Gasteiger partial charge on any atom is -0.346 e. The minimum absolute atomic E-state index is 0.615. The van der Waals surface area contributed by atoms with Gasteiger partial charge in [0.05, 0.1) is 6.67 Å². The second-order valence-electron chi connectivity index (χ2n) is 1.56. The monoisotopic (exact) mass is 162 g/mol. The Kier molecular flexibility index (Phi) is 34.7. The van der Waals surface area contributed by atoms with Crippen LogP contribution in [-0.4, -0.2) is 32.1 Å². The first-order valence-corrected chi connectivity index (χ1v) is 4.09. The molecule has 0 saturated carbocycles. The molecule has 1 N–H and O–H groups in total. The number of hydrogen-bond acceptors (Lipinski definition) is 2. The van der Waals surface area contributed by atoms with Crippen molar-refractivity contribution in [3.63, 3.8) is 0 Å². The number of nitrogens with zero attached hydrogens (tertiary/aromatic N) is 1. The molecule has 0 fully saturated rings. The van der Waals surface area contributed by atoms with Gasteiger partial charge in [0.15, 0.2) is 0 Å². The fourth-order valence-electron chi connectivity index (χ4n) is 0.220. The molecule has 0 aliphatic rings. The van der Waals surface area contributed by atoms with E-state index in [-0.39, 0.29) is 0 Å². The molecule has 0 unspecified atom stereocenters. The van der Waals surface area contributed by atoms with Crippen LogP contribution in [0.3, 0.4) is 0 Å². The second kappa shape index (κ2) is 22.7. The topological polar surface area (TPSA) is 32.3 Å². The van der Waals surface area contributed by atoms with E-state index in [2.05, 4.69) is 5.32 Å². The van der Waals surface area contributed by atoms with E-state index in [1.54, 1.807) is 0 Å². The zero-order valence-corrected chi connectivity index (χ0v) is 8.64. The van der Waals surface area contributed by atoms with E-state index in [1.807, 2.05) is 46.7 Å². The molecule has 0 aromatic rings. The van der Waals surface area contributed by atoms with E-state index in [1.165, 1.54) is 0 Å². The van der Waals surface area contributed by atoms with E-state index in [4.69, 9.17) is 0 Å². The highest BCUT2D eigenvalue weighted by atomic mass is 16.1. The molecule has 0 rings (SSSR count). The van der Waals surface area contributed by atoms with Crippen LogP contribution < -0.4 is 5.32 Å². The van der Waals surface area contributed by atoms with Crippen LogP contribution in [0.15, 0.2) is 0 Å². The highest BCUT2D eigenvalue weighted by molar-refractivity contribution is 5.45. The van der Waals surface area contributed by atoms with Crippen LogP contribution in [0.2, 0.25) is 0 Å². The summed E-state index contributed by atoms with van der Waals surface area (Å²) in [6.07, 6.45) is 0.681. The quantitative estimate of drug-likeness (QED) is 0.501. The summed E-state index contributed by atoms with van der Waals surface area (Å²) in [4.78, 5) is 11.4. The summed E-state index contributed by atoms with van der Waals surface area (Å²) < 4.78 is 0. The van der Waals surface area contributed by atoms with Crippen molar-refractivity contribution in [2.24, 2.45) is 0 Å². The highest BCUT2D eigenvalue weighted by Crippen LogP contribution is 1.61. The van der Waals surface area contributed by atoms with Crippen molar-refractivity contribution in [2.45, 2.75) is 27.7 Å². The van der Waals surface area contributed by atoms with Crippen LogP contribution in [0.4, 0.5) is 0 Å². The fraction of sp³-hybridized carbons (Fsp3) is 0.875. The number of amides is 1. The van der Waals surface area contributed by atoms with Gasteiger partial charge >= 0.3 is 0 Å². The second-order valence-corrected chi connectivity index (χ2v) is 1.56. The molecule has 0 aliphatic carbocycles. The van der Waals surface area contributed by atoms with Gasteiger partial charge in [-0.2, -0.15) is 0 Å². The number of carbonyl (C=O) groups is 1. The lowest BCUT2D eigenvalue weighted by Gasteiger charge is -2.05. The van der Waals surface area contributed by atoms with Crippen molar-refractivity contribution >= 4 is 6.41 Å². The molecule has 0 aromatic heterocycles. The molecule has 0 bridgehead atoms. The van der Waals surface area contributed by atoms with Crippen LogP contribution in [0.1, 0.15) is 27.7 Å². The lowest BCUT2D eigenvalue weighted by atomic mass is 10.9. The van der Waals surface area contributed by atoms with Crippen LogP contribution in [0.25, 0.3) is 0 Å². The van der Waals surface area contributed by atoms with E-state index in [0.717, 1.165) is 0 Å². The number of nitrogens with one attached hydrogen (secondary N) is 1. The van der Waals surface area contributed by atoms with Gasteiger partial charge in [-0.1, -0.05) is 27.7 Å². The maximum Gasteiger partial charge on any atom is 0.208 e. The first-order chi connectivity index (χ1) is 5.27. The minimum atomic E-state index is 0.615. The van der Waals surface area contributed by atoms with Crippen molar-refractivity contribution in [2.75, 3.05) is 20.8 Å². The molecule has 0 radical (unpaired) electrons. The average molecular weight is 162 g/mol. The van der Waals surface area contributed by atoms with Gasteiger partial charge < -0.3 is 5.32 Å². The fourth-order valence-corrected chi connectivity index (χ4v) is 0.220. The van der Waals surface area contributed by atoms with Gasteiger partial charge in [-0.3, -0.25) is 9.69 Å². The van der Waals surface area contributed by atoms with Crippen LogP contribution in [0, 0.1) is 0 Å². The Morgan fingerprint density at radius 1 is 1.18 bits per heavy atom. The Balaban J connectivity index is -0.000000138. The molecule has 0 heterocycles. The van der Waals surface area contributed by atoms with Gasteiger partial charge in [0.2, 0.25) is 6.41 Å². The Bertz CT molecular complexity index is 56.1. The lowest BCUT2D eigenvalue weighted by Crippen LogP contribution is -2.26. The van der Waals surface area contributed by atoms with Crippen LogP contribution >= 0.6 is 0 Å². The maximum atomic E-state index is 9.57. The molecule has 0 atom stereocenters. The van der Waals surface area contributed by atoms with Gasteiger partial charge in [-0.15, -0.1) is 0 Å². The Morgan fingerprint density at radius 2 is 1.55 bits per heavy atom. The molecule has 3 heteroatoms. The van der Waals surface area contributed by atoms with Crippen molar-refractivity contribution < 1.29 is 4.79 Å². The van der Waals surface area contributed by atoms with E-state index < -0.39 is 0 Å². The summed E-state index contributed by atoms with van der Waals surface area (Å²) in [5, 5.41) is 2.49. The number of carbonyl (C=O) groups excluding carboxylic acids is 1. The SMILES string of the molecule is CC.CC.CN(C)CNC=O. The molecule has 1 amide bonds. The van der Waals surface area contributed by atoms with E-state index in [9.17, 15) is 4.79 Å². The smallest absolute Gasteiger partial charge is 0.208 e. The third-order valence-corrected chi connectivity index (χ3v) is 0.491. The Hall–Kier alpha value is -0.570. The van der Waals surface area contributed by atoms with Gasteiger partial charge in [0.25, 0.3) is 0 Å². The first-order valence-electron chi connectivity index (χ1n) is 4.09. The van der Waals surface area contributed by atoms with Crippen molar-refractivity contribution in [1.29, 1.82) is 0 Å². The van der Waals surface area contributed by atoms with E-state index in [0.29, 0.717) is 13.1 Å².